The summed E-state index contributed by atoms with van der Waals surface area (Å²) in [5, 5.41) is 0. The number of nitrogens with zero attached hydrogens (tertiary/aromatic N) is 1. The fraction of sp³-hybridized carbons (Fsp3) is 0.684. The molecule has 2 N–H and O–H groups in total. The number of ether oxygens (including phenoxy) is 2. The monoisotopic (exact) mass is 318 g/mol. The van der Waals surface area contributed by atoms with Crippen LogP contribution in [0.2, 0.25) is 0 Å². The predicted molar refractivity (Wildman–Crippen MR) is 92.6 cm³/mol. The lowest BCUT2D eigenvalue weighted by Crippen LogP contribution is -2.52. The van der Waals surface area contributed by atoms with E-state index < -0.39 is 0 Å². The van der Waals surface area contributed by atoms with Gasteiger partial charge < -0.3 is 15.2 Å². The van der Waals surface area contributed by atoms with Gasteiger partial charge in [0.25, 0.3) is 0 Å². The molecule has 4 nitrogen and oxygen atoms in total. The molecule has 0 saturated carbocycles. The second kappa shape index (κ2) is 7.20. The lowest BCUT2D eigenvalue weighted by Gasteiger charge is -2.42. The highest BCUT2D eigenvalue weighted by Gasteiger charge is 2.33. The third-order valence-corrected chi connectivity index (χ3v) is 5.18. The minimum absolute atomic E-state index is 0.197. The molecule has 1 aromatic carbocycles. The third-order valence-electron chi connectivity index (χ3n) is 5.18. The SMILES string of the molecule is CC1(C)CN(Cc2ccc(OCC3CCCO3)cc2)CCC1N. The van der Waals surface area contributed by atoms with Gasteiger partial charge in [-0.3, -0.25) is 4.90 Å². The van der Waals surface area contributed by atoms with Crippen LogP contribution in [0.5, 0.6) is 5.75 Å². The van der Waals surface area contributed by atoms with Gasteiger partial charge in [-0.25, -0.2) is 0 Å². The molecule has 2 atom stereocenters. The van der Waals surface area contributed by atoms with E-state index in [1.165, 1.54) is 5.56 Å². The van der Waals surface area contributed by atoms with Crippen molar-refractivity contribution in [1.29, 1.82) is 0 Å². The molecule has 2 aliphatic rings. The van der Waals surface area contributed by atoms with Gasteiger partial charge in [-0.1, -0.05) is 26.0 Å². The van der Waals surface area contributed by atoms with E-state index in [9.17, 15) is 0 Å². The molecule has 1 aromatic rings. The van der Waals surface area contributed by atoms with Crippen LogP contribution in [-0.4, -0.2) is 43.3 Å². The molecule has 0 radical (unpaired) electrons. The quantitative estimate of drug-likeness (QED) is 0.907. The average molecular weight is 318 g/mol. The van der Waals surface area contributed by atoms with E-state index in [0.717, 1.165) is 51.3 Å². The number of likely N-dealkylation sites (tertiary alicyclic amines) is 1. The fourth-order valence-corrected chi connectivity index (χ4v) is 3.53. The lowest BCUT2D eigenvalue weighted by atomic mass is 9.79. The molecule has 4 heteroatoms. The minimum Gasteiger partial charge on any atom is -0.491 e. The van der Waals surface area contributed by atoms with Crippen LogP contribution >= 0.6 is 0 Å². The van der Waals surface area contributed by atoms with Crippen molar-refractivity contribution in [2.45, 2.75) is 51.8 Å². The molecule has 2 aliphatic heterocycles. The van der Waals surface area contributed by atoms with Crippen LogP contribution in [0.3, 0.4) is 0 Å². The van der Waals surface area contributed by atoms with Gasteiger partial charge in [0, 0.05) is 32.3 Å². The van der Waals surface area contributed by atoms with Crippen LogP contribution in [0.25, 0.3) is 0 Å². The molecule has 0 amide bonds. The standard InChI is InChI=1S/C19H30N2O2/c1-19(2)14-21(10-9-18(19)20)12-15-5-7-16(8-6-15)23-13-17-4-3-11-22-17/h5-8,17-18H,3-4,9-14,20H2,1-2H3. The van der Waals surface area contributed by atoms with Crippen molar-refractivity contribution in [1.82, 2.24) is 4.90 Å². The summed E-state index contributed by atoms with van der Waals surface area (Å²) in [4.78, 5) is 2.51. The van der Waals surface area contributed by atoms with E-state index in [-0.39, 0.29) is 11.5 Å². The number of nitrogens with two attached hydrogens (primary N) is 1. The maximum Gasteiger partial charge on any atom is 0.119 e. The maximum atomic E-state index is 6.22. The van der Waals surface area contributed by atoms with Gasteiger partial charge >= 0.3 is 0 Å². The molecule has 2 saturated heterocycles. The van der Waals surface area contributed by atoms with E-state index in [2.05, 4.69) is 43.0 Å². The van der Waals surface area contributed by atoms with Crippen molar-refractivity contribution in [2.75, 3.05) is 26.3 Å². The molecular weight excluding hydrogens is 288 g/mol. The van der Waals surface area contributed by atoms with Crippen LogP contribution in [0, 0.1) is 5.41 Å². The Kier molecular flexibility index (Phi) is 5.24. The Hall–Kier alpha value is -1.10. The van der Waals surface area contributed by atoms with Gasteiger partial charge in [0.15, 0.2) is 0 Å². The van der Waals surface area contributed by atoms with Crippen molar-refractivity contribution in [2.24, 2.45) is 11.1 Å². The number of piperidine rings is 1. The summed E-state index contributed by atoms with van der Waals surface area (Å²) < 4.78 is 11.4. The van der Waals surface area contributed by atoms with Crippen LogP contribution in [0.15, 0.2) is 24.3 Å². The maximum absolute atomic E-state index is 6.22. The second-order valence-electron chi connectivity index (χ2n) is 7.68. The van der Waals surface area contributed by atoms with E-state index in [1.54, 1.807) is 0 Å². The Bertz CT molecular complexity index is 495. The number of hydrogen-bond donors (Lipinski definition) is 1. The number of hydrogen-bond acceptors (Lipinski definition) is 4. The number of benzene rings is 1. The summed E-state index contributed by atoms with van der Waals surface area (Å²) in [7, 11) is 0. The first-order chi connectivity index (χ1) is 11.0. The van der Waals surface area contributed by atoms with Crippen molar-refractivity contribution in [3.8, 4) is 5.75 Å². The highest BCUT2D eigenvalue weighted by Crippen LogP contribution is 2.28. The van der Waals surface area contributed by atoms with Crippen LogP contribution in [0.4, 0.5) is 0 Å². The molecule has 3 rings (SSSR count). The normalized spacial score (nSPS) is 28.0. The van der Waals surface area contributed by atoms with Crippen LogP contribution < -0.4 is 10.5 Å². The van der Waals surface area contributed by atoms with E-state index in [4.69, 9.17) is 15.2 Å². The van der Waals surface area contributed by atoms with Gasteiger partial charge in [-0.2, -0.15) is 0 Å². The van der Waals surface area contributed by atoms with Crippen molar-refractivity contribution in [3.63, 3.8) is 0 Å². The molecule has 128 valence electrons. The Morgan fingerprint density at radius 1 is 1.26 bits per heavy atom. The zero-order valence-corrected chi connectivity index (χ0v) is 14.5. The van der Waals surface area contributed by atoms with Crippen molar-refractivity contribution in [3.05, 3.63) is 29.8 Å². The van der Waals surface area contributed by atoms with Crippen LogP contribution in [-0.2, 0) is 11.3 Å². The van der Waals surface area contributed by atoms with Gasteiger partial charge in [-0.15, -0.1) is 0 Å². The largest absolute Gasteiger partial charge is 0.491 e. The molecular formula is C19H30N2O2. The summed E-state index contributed by atoms with van der Waals surface area (Å²) >= 11 is 0. The average Bonchev–Trinajstić information content (AvgIpc) is 3.03. The molecule has 0 aliphatic carbocycles. The Balaban J connectivity index is 1.49. The van der Waals surface area contributed by atoms with Crippen molar-refractivity contribution >= 4 is 0 Å². The molecule has 0 spiro atoms. The summed E-state index contributed by atoms with van der Waals surface area (Å²) in [6.07, 6.45) is 3.62. The summed E-state index contributed by atoms with van der Waals surface area (Å²) in [6, 6.07) is 8.81. The Morgan fingerprint density at radius 2 is 2.04 bits per heavy atom. The predicted octanol–water partition coefficient (Wildman–Crippen LogP) is 2.80. The van der Waals surface area contributed by atoms with Gasteiger partial charge in [0.1, 0.15) is 12.4 Å². The van der Waals surface area contributed by atoms with E-state index in [0.29, 0.717) is 12.6 Å². The topological polar surface area (TPSA) is 47.7 Å². The molecule has 0 bridgehead atoms. The first kappa shape index (κ1) is 16.7. The van der Waals surface area contributed by atoms with E-state index in [1.807, 2.05) is 0 Å². The Morgan fingerprint density at radius 3 is 2.70 bits per heavy atom. The number of rotatable bonds is 5. The molecule has 2 heterocycles. The first-order valence-corrected chi connectivity index (χ1v) is 8.84. The molecule has 23 heavy (non-hydrogen) atoms. The first-order valence-electron chi connectivity index (χ1n) is 8.84. The highest BCUT2D eigenvalue weighted by molar-refractivity contribution is 5.27. The Labute approximate surface area is 139 Å². The lowest BCUT2D eigenvalue weighted by molar-refractivity contribution is 0.0679. The van der Waals surface area contributed by atoms with E-state index >= 15 is 0 Å². The van der Waals surface area contributed by atoms with Crippen LogP contribution in [0.1, 0.15) is 38.7 Å². The second-order valence-corrected chi connectivity index (χ2v) is 7.68. The molecule has 0 aromatic heterocycles. The minimum atomic E-state index is 0.197. The highest BCUT2D eigenvalue weighted by atomic mass is 16.5. The zero-order chi connectivity index (χ0) is 16.3. The summed E-state index contributed by atoms with van der Waals surface area (Å²) in [5.74, 6) is 0.935. The van der Waals surface area contributed by atoms with Gasteiger partial charge in [-0.05, 0) is 42.4 Å². The fourth-order valence-electron chi connectivity index (χ4n) is 3.53. The molecule has 2 unspecified atom stereocenters. The summed E-state index contributed by atoms with van der Waals surface area (Å²) in [5.41, 5.74) is 7.75. The zero-order valence-electron chi connectivity index (χ0n) is 14.5. The van der Waals surface area contributed by atoms with Crippen molar-refractivity contribution < 1.29 is 9.47 Å². The third kappa shape index (κ3) is 4.46. The summed E-state index contributed by atoms with van der Waals surface area (Å²) in [6.45, 7) is 9.22. The smallest absolute Gasteiger partial charge is 0.119 e. The van der Waals surface area contributed by atoms with Gasteiger partial charge in [0.2, 0.25) is 0 Å². The molecule has 2 fully saturated rings. The van der Waals surface area contributed by atoms with Gasteiger partial charge in [0.05, 0.1) is 6.10 Å².